The highest BCUT2D eigenvalue weighted by atomic mass is 32.2. The maximum atomic E-state index is 12.9. The second-order valence-corrected chi connectivity index (χ2v) is 7.34. The van der Waals surface area contributed by atoms with Gasteiger partial charge in [-0.2, -0.15) is 11.8 Å². The van der Waals surface area contributed by atoms with E-state index in [0.29, 0.717) is 12.1 Å². The molecule has 2 atom stereocenters. The van der Waals surface area contributed by atoms with Crippen LogP contribution in [0.4, 0.5) is 0 Å². The third-order valence-corrected chi connectivity index (χ3v) is 6.11. The van der Waals surface area contributed by atoms with E-state index in [2.05, 4.69) is 16.1 Å². The fourth-order valence-corrected chi connectivity index (χ4v) is 4.82. The first-order valence-electron chi connectivity index (χ1n) is 7.69. The molecule has 2 saturated heterocycles. The van der Waals surface area contributed by atoms with Gasteiger partial charge in [-0.15, -0.1) is 0 Å². The zero-order valence-electron chi connectivity index (χ0n) is 12.2. The van der Waals surface area contributed by atoms with E-state index in [-0.39, 0.29) is 5.91 Å². The molecule has 0 radical (unpaired) electrons. The van der Waals surface area contributed by atoms with Crippen molar-refractivity contribution >= 4 is 28.6 Å². The molecular formula is C17H20N2OS. The van der Waals surface area contributed by atoms with Crippen LogP contribution in [0.2, 0.25) is 0 Å². The van der Waals surface area contributed by atoms with E-state index in [0.717, 1.165) is 34.6 Å². The molecule has 4 rings (SSSR count). The van der Waals surface area contributed by atoms with Crippen molar-refractivity contribution in [2.24, 2.45) is 0 Å². The van der Waals surface area contributed by atoms with E-state index in [1.807, 2.05) is 42.2 Å². The number of thioether (sulfide) groups is 1. The van der Waals surface area contributed by atoms with Crippen molar-refractivity contribution in [2.45, 2.75) is 43.0 Å². The number of benzene rings is 1. The second-order valence-electron chi connectivity index (χ2n) is 6.21. The van der Waals surface area contributed by atoms with E-state index in [1.54, 1.807) is 0 Å². The maximum absolute atomic E-state index is 12.9. The van der Waals surface area contributed by atoms with Crippen LogP contribution in [0.3, 0.4) is 0 Å². The number of nitrogens with zero attached hydrogens (tertiary/aromatic N) is 1. The Morgan fingerprint density at radius 2 is 2.00 bits per heavy atom. The summed E-state index contributed by atoms with van der Waals surface area (Å²) in [6.07, 6.45) is 8.80. The van der Waals surface area contributed by atoms with Crippen LogP contribution in [0.5, 0.6) is 0 Å². The van der Waals surface area contributed by atoms with Crippen LogP contribution in [-0.4, -0.2) is 39.4 Å². The number of carbonyl (C=O) groups excluding carboxylic acids is 1. The van der Waals surface area contributed by atoms with Gasteiger partial charge in [-0.05, 0) is 56.2 Å². The lowest BCUT2D eigenvalue weighted by atomic mass is 10.0. The number of fused-ring (bicyclic) bond motifs is 3. The number of rotatable bonds is 2. The minimum absolute atomic E-state index is 0.227. The largest absolute Gasteiger partial charge is 0.361 e. The molecule has 1 aromatic heterocycles. The van der Waals surface area contributed by atoms with Gasteiger partial charge in [-0.1, -0.05) is 0 Å². The van der Waals surface area contributed by atoms with Crippen LogP contribution in [-0.2, 0) is 0 Å². The van der Waals surface area contributed by atoms with E-state index in [9.17, 15) is 4.79 Å². The number of aromatic amines is 1. The summed E-state index contributed by atoms with van der Waals surface area (Å²) in [6, 6.07) is 8.93. The Kier molecular flexibility index (Phi) is 3.21. The Labute approximate surface area is 129 Å². The molecule has 1 aromatic carbocycles. The molecular weight excluding hydrogens is 280 g/mol. The summed E-state index contributed by atoms with van der Waals surface area (Å²) in [6.45, 7) is 0. The molecule has 2 aliphatic heterocycles. The number of H-pyrrole nitrogens is 1. The van der Waals surface area contributed by atoms with Crippen molar-refractivity contribution in [3.05, 3.63) is 36.0 Å². The highest BCUT2D eigenvalue weighted by molar-refractivity contribution is 7.99. The van der Waals surface area contributed by atoms with E-state index >= 15 is 0 Å². The Bertz CT molecular complexity index is 666. The molecule has 2 bridgehead atoms. The number of hydrogen-bond acceptors (Lipinski definition) is 2. The van der Waals surface area contributed by atoms with E-state index < -0.39 is 0 Å². The van der Waals surface area contributed by atoms with Crippen molar-refractivity contribution in [1.29, 1.82) is 0 Å². The van der Waals surface area contributed by atoms with Gasteiger partial charge in [-0.25, -0.2) is 0 Å². The van der Waals surface area contributed by atoms with Crippen LogP contribution in [0.25, 0.3) is 10.9 Å². The number of nitrogens with one attached hydrogen (secondary N) is 1. The molecule has 1 amide bonds. The minimum atomic E-state index is 0.227. The smallest absolute Gasteiger partial charge is 0.254 e. The molecule has 0 saturated carbocycles. The molecule has 1 N–H and O–H groups in total. The van der Waals surface area contributed by atoms with Gasteiger partial charge in [0.1, 0.15) is 0 Å². The standard InChI is InChI=1S/C17H20N2OS/c1-21-15-9-13-3-4-14(10-15)19(13)17(20)12-2-5-16-11(8-12)6-7-18-16/h2,5-8,13-15,18H,3-4,9-10H2,1H3. The lowest BCUT2D eigenvalue weighted by Gasteiger charge is -2.38. The van der Waals surface area contributed by atoms with Crippen molar-refractivity contribution in [3.63, 3.8) is 0 Å². The van der Waals surface area contributed by atoms with Gasteiger partial charge in [0, 0.05) is 40.0 Å². The first-order valence-corrected chi connectivity index (χ1v) is 8.97. The summed E-state index contributed by atoms with van der Waals surface area (Å²) in [4.78, 5) is 18.3. The Hall–Kier alpha value is -1.42. The number of aromatic nitrogens is 1. The summed E-state index contributed by atoms with van der Waals surface area (Å²) >= 11 is 1.96. The summed E-state index contributed by atoms with van der Waals surface area (Å²) in [5.41, 5.74) is 1.93. The summed E-state index contributed by atoms with van der Waals surface area (Å²) < 4.78 is 0. The monoisotopic (exact) mass is 300 g/mol. The molecule has 2 fully saturated rings. The maximum Gasteiger partial charge on any atom is 0.254 e. The highest BCUT2D eigenvalue weighted by Gasteiger charge is 2.43. The zero-order chi connectivity index (χ0) is 14.4. The SMILES string of the molecule is CSC1CC2CCC(C1)N2C(=O)c1ccc2[nH]ccc2c1. The van der Waals surface area contributed by atoms with Gasteiger partial charge in [0.25, 0.3) is 5.91 Å². The van der Waals surface area contributed by atoms with Crippen molar-refractivity contribution in [2.75, 3.05) is 6.26 Å². The number of amides is 1. The van der Waals surface area contributed by atoms with Crippen LogP contribution in [0, 0.1) is 0 Å². The zero-order valence-corrected chi connectivity index (χ0v) is 13.0. The normalized spacial score (nSPS) is 28.2. The van der Waals surface area contributed by atoms with E-state index in [1.165, 1.54) is 12.8 Å². The van der Waals surface area contributed by atoms with Gasteiger partial charge in [0.15, 0.2) is 0 Å². The molecule has 110 valence electrons. The van der Waals surface area contributed by atoms with Gasteiger partial charge in [0.05, 0.1) is 0 Å². The molecule has 2 aromatic rings. The first kappa shape index (κ1) is 13.3. The Morgan fingerprint density at radius 1 is 1.24 bits per heavy atom. The Morgan fingerprint density at radius 3 is 2.71 bits per heavy atom. The average molecular weight is 300 g/mol. The van der Waals surface area contributed by atoms with Gasteiger partial charge < -0.3 is 9.88 Å². The van der Waals surface area contributed by atoms with Crippen molar-refractivity contribution in [1.82, 2.24) is 9.88 Å². The predicted molar refractivity (Wildman–Crippen MR) is 87.8 cm³/mol. The van der Waals surface area contributed by atoms with Crippen molar-refractivity contribution < 1.29 is 4.79 Å². The fraction of sp³-hybridized carbons (Fsp3) is 0.471. The topological polar surface area (TPSA) is 36.1 Å². The summed E-state index contributed by atoms with van der Waals surface area (Å²) in [5.74, 6) is 0.227. The van der Waals surface area contributed by atoms with Gasteiger partial charge in [0.2, 0.25) is 0 Å². The van der Waals surface area contributed by atoms with Crippen LogP contribution >= 0.6 is 11.8 Å². The molecule has 0 spiro atoms. The lowest BCUT2D eigenvalue weighted by Crippen LogP contribution is -2.47. The van der Waals surface area contributed by atoms with Crippen molar-refractivity contribution in [3.8, 4) is 0 Å². The summed E-state index contributed by atoms with van der Waals surface area (Å²) in [7, 11) is 0. The Balaban J connectivity index is 1.62. The highest BCUT2D eigenvalue weighted by Crippen LogP contribution is 2.40. The first-order chi connectivity index (χ1) is 10.3. The molecule has 4 heteroatoms. The lowest BCUT2D eigenvalue weighted by molar-refractivity contribution is 0.0602. The fourth-order valence-electron chi connectivity index (χ4n) is 3.99. The number of piperidine rings is 1. The average Bonchev–Trinajstić information content (AvgIpc) is 3.08. The molecule has 2 aliphatic rings. The molecule has 21 heavy (non-hydrogen) atoms. The molecule has 3 heterocycles. The number of carbonyl (C=O) groups is 1. The third-order valence-electron chi connectivity index (χ3n) is 5.06. The van der Waals surface area contributed by atoms with E-state index in [4.69, 9.17) is 0 Å². The summed E-state index contributed by atoms with van der Waals surface area (Å²) in [5, 5.41) is 1.85. The molecule has 2 unspecified atom stereocenters. The van der Waals surface area contributed by atoms with Crippen LogP contribution < -0.4 is 0 Å². The minimum Gasteiger partial charge on any atom is -0.361 e. The third kappa shape index (κ3) is 2.16. The molecule has 0 aliphatic carbocycles. The van der Waals surface area contributed by atoms with Crippen LogP contribution in [0.1, 0.15) is 36.0 Å². The van der Waals surface area contributed by atoms with Gasteiger partial charge in [-0.3, -0.25) is 4.79 Å². The predicted octanol–water partition coefficient (Wildman–Crippen LogP) is 3.67. The van der Waals surface area contributed by atoms with Gasteiger partial charge >= 0.3 is 0 Å². The number of hydrogen-bond donors (Lipinski definition) is 1. The second kappa shape index (κ2) is 5.09. The quantitative estimate of drug-likeness (QED) is 0.918. The molecule has 3 nitrogen and oxygen atoms in total. The van der Waals surface area contributed by atoms with Crippen LogP contribution in [0.15, 0.2) is 30.5 Å².